The Kier molecular flexibility index (Phi) is 5.04. The number of hydrogen-bond donors (Lipinski definition) is 0. The van der Waals surface area contributed by atoms with E-state index in [0.717, 1.165) is 0 Å². The Labute approximate surface area is 169 Å². The van der Waals surface area contributed by atoms with Gasteiger partial charge < -0.3 is 9.80 Å². The molecule has 1 aromatic heterocycles. The summed E-state index contributed by atoms with van der Waals surface area (Å²) in [4.78, 5) is 23.8. The van der Waals surface area contributed by atoms with Crippen LogP contribution in [0.3, 0.4) is 0 Å². The first-order chi connectivity index (χ1) is 13.8. The SMILES string of the molecule is O=C(c1ccccc1Cl)N1CCN(c2nc3ccccc3nc2C(F)(F)F)CC1. The zero-order valence-electron chi connectivity index (χ0n) is 15.2. The minimum absolute atomic E-state index is 0.191. The summed E-state index contributed by atoms with van der Waals surface area (Å²) in [6.45, 7) is 0.949. The lowest BCUT2D eigenvalue weighted by Gasteiger charge is -2.36. The van der Waals surface area contributed by atoms with E-state index in [2.05, 4.69) is 9.97 Å². The number of fused-ring (bicyclic) bond motifs is 1. The van der Waals surface area contributed by atoms with E-state index in [-0.39, 0.29) is 43.4 Å². The lowest BCUT2D eigenvalue weighted by atomic mass is 10.1. The molecule has 5 nitrogen and oxygen atoms in total. The third-order valence-corrected chi connectivity index (χ3v) is 5.12. The van der Waals surface area contributed by atoms with Gasteiger partial charge in [0.25, 0.3) is 5.91 Å². The molecule has 4 rings (SSSR count). The number of nitrogens with zero attached hydrogens (tertiary/aromatic N) is 4. The fourth-order valence-corrected chi connectivity index (χ4v) is 3.54. The maximum atomic E-state index is 13.6. The van der Waals surface area contributed by atoms with Gasteiger partial charge in [-0.05, 0) is 24.3 Å². The lowest BCUT2D eigenvalue weighted by Crippen LogP contribution is -2.49. The first-order valence-corrected chi connectivity index (χ1v) is 9.35. The predicted molar refractivity (Wildman–Crippen MR) is 104 cm³/mol. The number of amides is 1. The van der Waals surface area contributed by atoms with Crippen LogP contribution in [0.1, 0.15) is 16.1 Å². The number of piperazine rings is 1. The number of rotatable bonds is 2. The molecule has 0 bridgehead atoms. The van der Waals surface area contributed by atoms with Gasteiger partial charge in [0.1, 0.15) is 0 Å². The molecule has 2 heterocycles. The molecule has 0 unspecified atom stereocenters. The Bertz CT molecular complexity index is 1070. The van der Waals surface area contributed by atoms with Gasteiger partial charge in [-0.2, -0.15) is 13.2 Å². The maximum absolute atomic E-state index is 13.6. The van der Waals surface area contributed by atoms with Crippen LogP contribution in [0.25, 0.3) is 11.0 Å². The highest BCUT2D eigenvalue weighted by Crippen LogP contribution is 2.35. The minimum Gasteiger partial charge on any atom is -0.351 e. The zero-order chi connectivity index (χ0) is 20.6. The van der Waals surface area contributed by atoms with E-state index in [0.29, 0.717) is 16.1 Å². The first kappa shape index (κ1) is 19.4. The van der Waals surface area contributed by atoms with Crippen LogP contribution >= 0.6 is 11.6 Å². The molecule has 1 aliphatic rings. The molecule has 0 aliphatic carbocycles. The Hall–Kier alpha value is -2.87. The van der Waals surface area contributed by atoms with Crippen molar-refractivity contribution >= 4 is 34.4 Å². The molecule has 0 saturated carbocycles. The van der Waals surface area contributed by atoms with Gasteiger partial charge in [0.15, 0.2) is 11.5 Å². The molecule has 1 saturated heterocycles. The summed E-state index contributed by atoms with van der Waals surface area (Å²) in [5, 5.41) is 0.347. The van der Waals surface area contributed by atoms with Gasteiger partial charge in [-0.25, -0.2) is 9.97 Å². The summed E-state index contributed by atoms with van der Waals surface area (Å²) < 4.78 is 40.8. The molecule has 150 valence electrons. The molecular weight excluding hydrogens is 405 g/mol. The van der Waals surface area contributed by atoms with Crippen molar-refractivity contribution in [1.82, 2.24) is 14.9 Å². The highest BCUT2D eigenvalue weighted by atomic mass is 35.5. The highest BCUT2D eigenvalue weighted by Gasteiger charge is 2.39. The van der Waals surface area contributed by atoms with Gasteiger partial charge in [0.2, 0.25) is 0 Å². The van der Waals surface area contributed by atoms with Gasteiger partial charge >= 0.3 is 6.18 Å². The monoisotopic (exact) mass is 420 g/mol. The second-order valence-corrected chi connectivity index (χ2v) is 7.05. The van der Waals surface area contributed by atoms with Crippen LogP contribution in [0.5, 0.6) is 0 Å². The van der Waals surface area contributed by atoms with Crippen molar-refractivity contribution in [2.24, 2.45) is 0 Å². The van der Waals surface area contributed by atoms with Crippen LogP contribution in [0.2, 0.25) is 5.02 Å². The van der Waals surface area contributed by atoms with E-state index in [1.54, 1.807) is 47.4 Å². The molecule has 1 fully saturated rings. The Morgan fingerprint density at radius 3 is 2.10 bits per heavy atom. The fraction of sp³-hybridized carbons (Fsp3) is 0.250. The molecule has 0 radical (unpaired) electrons. The average Bonchev–Trinajstić information content (AvgIpc) is 2.72. The van der Waals surface area contributed by atoms with Crippen molar-refractivity contribution < 1.29 is 18.0 Å². The number of alkyl halides is 3. The van der Waals surface area contributed by atoms with Crippen molar-refractivity contribution in [1.29, 1.82) is 0 Å². The summed E-state index contributed by atoms with van der Waals surface area (Å²) in [6.07, 6.45) is -4.63. The predicted octanol–water partition coefficient (Wildman–Crippen LogP) is 4.26. The zero-order valence-corrected chi connectivity index (χ0v) is 15.9. The Balaban J connectivity index is 1.59. The molecule has 0 N–H and O–H groups in total. The van der Waals surface area contributed by atoms with Gasteiger partial charge in [-0.1, -0.05) is 35.9 Å². The van der Waals surface area contributed by atoms with Crippen LogP contribution < -0.4 is 4.90 Å². The minimum atomic E-state index is -4.63. The van der Waals surface area contributed by atoms with Crippen LogP contribution in [-0.2, 0) is 6.18 Å². The largest absolute Gasteiger partial charge is 0.437 e. The maximum Gasteiger partial charge on any atom is 0.437 e. The van der Waals surface area contributed by atoms with E-state index >= 15 is 0 Å². The van der Waals surface area contributed by atoms with Crippen LogP contribution in [0, 0.1) is 0 Å². The quantitative estimate of drug-likeness (QED) is 0.621. The topological polar surface area (TPSA) is 49.3 Å². The second kappa shape index (κ2) is 7.51. The van der Waals surface area contributed by atoms with Crippen LogP contribution in [0.15, 0.2) is 48.5 Å². The van der Waals surface area contributed by atoms with E-state index in [1.807, 2.05) is 0 Å². The molecule has 0 atom stereocenters. The number of carbonyl (C=O) groups excluding carboxylic acids is 1. The highest BCUT2D eigenvalue weighted by molar-refractivity contribution is 6.33. The Morgan fingerprint density at radius 1 is 0.897 bits per heavy atom. The molecule has 29 heavy (non-hydrogen) atoms. The molecule has 0 spiro atoms. The summed E-state index contributed by atoms with van der Waals surface area (Å²) in [6, 6.07) is 13.2. The standard InChI is InChI=1S/C20H16ClF3N4O/c21-14-6-2-1-5-13(14)19(29)28-11-9-27(10-12-28)18-17(20(22,23)24)25-15-7-3-4-8-16(15)26-18/h1-8H,9-12H2. The van der Waals surface area contributed by atoms with Gasteiger partial charge in [-0.3, -0.25) is 4.79 Å². The number of aromatic nitrogens is 2. The normalized spacial score (nSPS) is 15.0. The number of benzene rings is 2. The summed E-state index contributed by atoms with van der Waals surface area (Å²) >= 11 is 6.09. The van der Waals surface area contributed by atoms with Crippen molar-refractivity contribution in [3.63, 3.8) is 0 Å². The summed E-state index contributed by atoms with van der Waals surface area (Å²) in [5.74, 6) is -0.447. The number of para-hydroxylation sites is 2. The van der Waals surface area contributed by atoms with Crippen molar-refractivity contribution in [2.75, 3.05) is 31.1 Å². The van der Waals surface area contributed by atoms with E-state index in [9.17, 15) is 18.0 Å². The van der Waals surface area contributed by atoms with Crippen LogP contribution in [0.4, 0.5) is 19.0 Å². The smallest absolute Gasteiger partial charge is 0.351 e. The Morgan fingerprint density at radius 2 is 1.48 bits per heavy atom. The van der Waals surface area contributed by atoms with E-state index in [1.165, 1.54) is 11.0 Å². The summed E-state index contributed by atoms with van der Waals surface area (Å²) in [7, 11) is 0. The number of hydrogen-bond acceptors (Lipinski definition) is 4. The number of carbonyl (C=O) groups is 1. The van der Waals surface area contributed by atoms with Crippen LogP contribution in [-0.4, -0.2) is 47.0 Å². The molecule has 9 heteroatoms. The summed E-state index contributed by atoms with van der Waals surface area (Å²) in [5.41, 5.74) is -0.0487. The van der Waals surface area contributed by atoms with E-state index in [4.69, 9.17) is 11.6 Å². The fourth-order valence-electron chi connectivity index (χ4n) is 3.33. The van der Waals surface area contributed by atoms with Gasteiger partial charge in [-0.15, -0.1) is 0 Å². The van der Waals surface area contributed by atoms with E-state index < -0.39 is 11.9 Å². The molecule has 3 aromatic rings. The molecule has 1 aliphatic heterocycles. The molecule has 1 amide bonds. The first-order valence-electron chi connectivity index (χ1n) is 8.97. The van der Waals surface area contributed by atoms with Crippen molar-refractivity contribution in [2.45, 2.75) is 6.18 Å². The lowest BCUT2D eigenvalue weighted by molar-refractivity contribution is -0.140. The molecule has 2 aromatic carbocycles. The second-order valence-electron chi connectivity index (χ2n) is 6.64. The van der Waals surface area contributed by atoms with Gasteiger partial charge in [0.05, 0.1) is 21.6 Å². The average molecular weight is 421 g/mol. The number of anilines is 1. The van der Waals surface area contributed by atoms with Crippen molar-refractivity contribution in [3.8, 4) is 0 Å². The number of halogens is 4. The third-order valence-electron chi connectivity index (χ3n) is 4.79. The molecular formula is C20H16ClF3N4O. The van der Waals surface area contributed by atoms with Gasteiger partial charge in [0, 0.05) is 26.2 Å². The third kappa shape index (κ3) is 3.85. The van der Waals surface area contributed by atoms with Crippen molar-refractivity contribution in [3.05, 3.63) is 64.8 Å².